The number of nitrogens with zero attached hydrogens (tertiary/aromatic N) is 2. The van der Waals surface area contributed by atoms with Crippen LogP contribution in [-0.2, 0) is 4.74 Å². The number of hydrogen-bond donors (Lipinski definition) is 2. The van der Waals surface area contributed by atoms with Crippen molar-refractivity contribution in [2.75, 3.05) is 36.1 Å². The van der Waals surface area contributed by atoms with E-state index in [2.05, 4.69) is 10.6 Å². The minimum absolute atomic E-state index is 0.321. The van der Waals surface area contributed by atoms with Crippen LogP contribution in [-0.4, -0.2) is 48.5 Å². The standard InChI is InChI=1S/C15H17FN4O2S2/c1-9(23)17-5-11-6-20(15(21)22-11)10-2-3-13(12(16)4-10)19-7-14(24)18-8-19/h2-4,11H,5-8H2,1H3,(H,17,23)(H,18,24)/t11-/m0/s1. The fourth-order valence-corrected chi connectivity index (χ4v) is 2.96. The Morgan fingerprint density at radius 1 is 1.54 bits per heavy atom. The Balaban J connectivity index is 1.71. The van der Waals surface area contributed by atoms with Gasteiger partial charge in [0.25, 0.3) is 0 Å². The molecule has 3 rings (SSSR count). The van der Waals surface area contributed by atoms with Crippen molar-refractivity contribution in [2.24, 2.45) is 0 Å². The Bertz CT molecular complexity index is 700. The van der Waals surface area contributed by atoms with E-state index in [-0.39, 0.29) is 6.10 Å². The summed E-state index contributed by atoms with van der Waals surface area (Å²) in [5.41, 5.74) is 0.922. The lowest BCUT2D eigenvalue weighted by molar-refractivity contribution is 0.143. The number of hydrogen-bond acceptors (Lipinski definition) is 5. The van der Waals surface area contributed by atoms with Gasteiger partial charge in [-0.2, -0.15) is 0 Å². The molecule has 2 heterocycles. The van der Waals surface area contributed by atoms with Crippen molar-refractivity contribution >= 4 is 51.9 Å². The number of amides is 1. The highest BCUT2D eigenvalue weighted by molar-refractivity contribution is 7.80. The van der Waals surface area contributed by atoms with Gasteiger partial charge in [-0.15, -0.1) is 0 Å². The fourth-order valence-electron chi connectivity index (χ4n) is 2.66. The number of carbonyl (C=O) groups is 1. The van der Waals surface area contributed by atoms with E-state index < -0.39 is 11.9 Å². The van der Waals surface area contributed by atoms with Gasteiger partial charge < -0.3 is 20.3 Å². The molecule has 0 spiro atoms. The number of benzene rings is 1. The molecule has 128 valence electrons. The molecule has 2 fully saturated rings. The molecule has 6 nitrogen and oxygen atoms in total. The first-order valence-corrected chi connectivity index (χ1v) is 8.29. The topological polar surface area (TPSA) is 56.8 Å². The first-order valence-electron chi connectivity index (χ1n) is 7.48. The second-order valence-electron chi connectivity index (χ2n) is 5.65. The SMILES string of the molecule is CC(=S)NC[C@H]1CN(c2ccc(N3CNC(=S)C3)c(F)c2)C(=O)O1. The summed E-state index contributed by atoms with van der Waals surface area (Å²) in [6, 6.07) is 4.71. The van der Waals surface area contributed by atoms with Crippen LogP contribution in [0.2, 0.25) is 0 Å². The predicted octanol–water partition coefficient (Wildman–Crippen LogP) is 1.78. The molecule has 2 aliphatic heterocycles. The van der Waals surface area contributed by atoms with E-state index in [1.54, 1.807) is 24.0 Å². The lowest BCUT2D eigenvalue weighted by Crippen LogP contribution is -2.32. The summed E-state index contributed by atoms with van der Waals surface area (Å²) >= 11 is 10.0. The molecule has 1 amide bonds. The summed E-state index contributed by atoms with van der Waals surface area (Å²) in [5.74, 6) is -0.400. The van der Waals surface area contributed by atoms with Crippen molar-refractivity contribution in [3.8, 4) is 0 Å². The van der Waals surface area contributed by atoms with Gasteiger partial charge in [0, 0.05) is 0 Å². The molecule has 9 heteroatoms. The third-order valence-electron chi connectivity index (χ3n) is 3.84. The highest BCUT2D eigenvalue weighted by Gasteiger charge is 2.32. The van der Waals surface area contributed by atoms with Crippen LogP contribution in [0.15, 0.2) is 18.2 Å². The average molecular weight is 368 g/mol. The highest BCUT2D eigenvalue weighted by atomic mass is 32.1. The molecule has 0 aromatic heterocycles. The van der Waals surface area contributed by atoms with E-state index in [4.69, 9.17) is 29.2 Å². The van der Waals surface area contributed by atoms with Gasteiger partial charge in [-0.3, -0.25) is 4.90 Å². The second kappa shape index (κ2) is 6.86. The van der Waals surface area contributed by atoms with Crippen LogP contribution < -0.4 is 20.4 Å². The molecule has 1 aromatic carbocycles. The smallest absolute Gasteiger partial charge is 0.414 e. The maximum Gasteiger partial charge on any atom is 0.414 e. The summed E-state index contributed by atoms with van der Waals surface area (Å²) in [7, 11) is 0. The minimum Gasteiger partial charge on any atom is -0.442 e. The van der Waals surface area contributed by atoms with Crippen LogP contribution in [0.25, 0.3) is 0 Å². The van der Waals surface area contributed by atoms with E-state index in [0.717, 1.165) is 0 Å². The molecular formula is C15H17FN4O2S2. The maximum absolute atomic E-state index is 14.4. The molecule has 1 atom stereocenters. The van der Waals surface area contributed by atoms with Gasteiger partial charge >= 0.3 is 6.09 Å². The molecule has 0 saturated carbocycles. The van der Waals surface area contributed by atoms with Gasteiger partial charge in [-0.1, -0.05) is 24.4 Å². The molecule has 0 unspecified atom stereocenters. The third kappa shape index (κ3) is 3.57. The van der Waals surface area contributed by atoms with Crippen molar-refractivity contribution < 1.29 is 13.9 Å². The Morgan fingerprint density at radius 3 is 2.96 bits per heavy atom. The van der Waals surface area contributed by atoms with Crippen LogP contribution in [0.4, 0.5) is 20.6 Å². The minimum atomic E-state index is -0.486. The van der Waals surface area contributed by atoms with Gasteiger partial charge in [0.1, 0.15) is 11.9 Å². The summed E-state index contributed by atoms with van der Waals surface area (Å²) in [5, 5.41) is 5.96. The third-order valence-corrected chi connectivity index (χ3v) is 4.26. The van der Waals surface area contributed by atoms with E-state index in [1.165, 1.54) is 11.0 Å². The molecule has 0 aliphatic carbocycles. The van der Waals surface area contributed by atoms with Gasteiger partial charge in [-0.05, 0) is 25.1 Å². The highest BCUT2D eigenvalue weighted by Crippen LogP contribution is 2.28. The maximum atomic E-state index is 14.4. The van der Waals surface area contributed by atoms with Crippen LogP contribution in [0.1, 0.15) is 6.92 Å². The van der Waals surface area contributed by atoms with E-state index in [0.29, 0.717) is 47.7 Å². The van der Waals surface area contributed by atoms with E-state index in [9.17, 15) is 9.18 Å². The van der Waals surface area contributed by atoms with Crippen molar-refractivity contribution in [1.82, 2.24) is 10.6 Å². The van der Waals surface area contributed by atoms with Crippen molar-refractivity contribution in [3.05, 3.63) is 24.0 Å². The fraction of sp³-hybridized carbons (Fsp3) is 0.400. The Labute approximate surface area is 149 Å². The Morgan fingerprint density at radius 2 is 2.33 bits per heavy atom. The van der Waals surface area contributed by atoms with E-state index in [1.807, 2.05) is 0 Å². The first-order chi connectivity index (χ1) is 11.4. The average Bonchev–Trinajstić information content (AvgIpc) is 3.11. The quantitative estimate of drug-likeness (QED) is 0.786. The number of rotatable bonds is 4. The van der Waals surface area contributed by atoms with E-state index >= 15 is 0 Å². The summed E-state index contributed by atoms with van der Waals surface area (Å²) in [4.78, 5) is 16.6. The number of nitrogens with one attached hydrogen (secondary N) is 2. The van der Waals surface area contributed by atoms with Crippen molar-refractivity contribution in [3.63, 3.8) is 0 Å². The van der Waals surface area contributed by atoms with Gasteiger partial charge in [-0.25, -0.2) is 9.18 Å². The number of ether oxygens (including phenoxy) is 1. The molecular weight excluding hydrogens is 351 g/mol. The summed E-state index contributed by atoms with van der Waals surface area (Å²) in [6.07, 6.45) is -0.807. The number of cyclic esters (lactones) is 1. The summed E-state index contributed by atoms with van der Waals surface area (Å²) in [6.45, 7) is 3.52. The molecule has 1 aromatic rings. The molecule has 2 aliphatic rings. The molecule has 2 saturated heterocycles. The number of thiocarbonyl (C=S) groups is 2. The number of carbonyl (C=O) groups excluding carboxylic acids is 1. The van der Waals surface area contributed by atoms with Gasteiger partial charge in [0.15, 0.2) is 0 Å². The van der Waals surface area contributed by atoms with Crippen molar-refractivity contribution in [1.29, 1.82) is 0 Å². The predicted molar refractivity (Wildman–Crippen MR) is 98.2 cm³/mol. The van der Waals surface area contributed by atoms with Crippen LogP contribution in [0, 0.1) is 5.82 Å². The van der Waals surface area contributed by atoms with Gasteiger partial charge in [0.05, 0.1) is 47.7 Å². The monoisotopic (exact) mass is 368 g/mol. The second-order valence-corrected chi connectivity index (χ2v) is 6.75. The summed E-state index contributed by atoms with van der Waals surface area (Å²) < 4.78 is 19.7. The normalized spacial score (nSPS) is 20.2. The number of anilines is 2. The first kappa shape index (κ1) is 16.8. The zero-order valence-corrected chi connectivity index (χ0v) is 14.7. The Kier molecular flexibility index (Phi) is 4.81. The van der Waals surface area contributed by atoms with Crippen LogP contribution in [0.3, 0.4) is 0 Å². The molecule has 24 heavy (non-hydrogen) atoms. The van der Waals surface area contributed by atoms with Gasteiger partial charge in [0.2, 0.25) is 0 Å². The lowest BCUT2D eigenvalue weighted by atomic mass is 10.2. The zero-order valence-electron chi connectivity index (χ0n) is 13.0. The molecule has 0 radical (unpaired) electrons. The lowest BCUT2D eigenvalue weighted by Gasteiger charge is -2.19. The number of halogens is 1. The molecule has 2 N–H and O–H groups in total. The van der Waals surface area contributed by atoms with Crippen LogP contribution >= 0.6 is 24.4 Å². The zero-order chi connectivity index (χ0) is 17.3. The molecule has 0 bridgehead atoms. The van der Waals surface area contributed by atoms with Crippen LogP contribution in [0.5, 0.6) is 0 Å². The Hall–Kier alpha value is -2.00. The van der Waals surface area contributed by atoms with Crippen molar-refractivity contribution in [2.45, 2.75) is 13.0 Å². The largest absolute Gasteiger partial charge is 0.442 e.